The van der Waals surface area contributed by atoms with Crippen LogP contribution in [0, 0.1) is 0 Å². The van der Waals surface area contributed by atoms with Crippen LogP contribution in [0.4, 0.5) is 0 Å². The fourth-order valence-corrected chi connectivity index (χ4v) is 3.64. The number of hydrogen-bond donors (Lipinski definition) is 0. The summed E-state index contributed by atoms with van der Waals surface area (Å²) in [5.41, 5.74) is 2.79. The third-order valence-corrected chi connectivity index (χ3v) is 4.52. The second-order valence-corrected chi connectivity index (χ2v) is 5.91. The Kier molecular flexibility index (Phi) is 3.14. The normalized spacial score (nSPS) is 33.1. The molecule has 1 fully saturated rings. The molecule has 1 aliphatic heterocycles. The van der Waals surface area contributed by atoms with Crippen LogP contribution in [0.15, 0.2) is 24.3 Å². The zero-order valence-electron chi connectivity index (χ0n) is 10.1. The van der Waals surface area contributed by atoms with E-state index in [1.807, 2.05) is 0 Å². The van der Waals surface area contributed by atoms with Crippen molar-refractivity contribution in [3.63, 3.8) is 0 Å². The summed E-state index contributed by atoms with van der Waals surface area (Å²) < 4.78 is 6.20. The summed E-state index contributed by atoms with van der Waals surface area (Å²) in [6.07, 6.45) is 6.81. The van der Waals surface area contributed by atoms with Gasteiger partial charge in [0.25, 0.3) is 0 Å². The monoisotopic (exact) mass is 250 g/mol. The van der Waals surface area contributed by atoms with Crippen molar-refractivity contribution in [3.8, 4) is 0 Å². The van der Waals surface area contributed by atoms with Crippen LogP contribution in [0.5, 0.6) is 0 Å². The third-order valence-electron chi connectivity index (χ3n) is 4.15. The van der Waals surface area contributed by atoms with E-state index in [1.165, 1.54) is 30.4 Å². The quantitative estimate of drug-likeness (QED) is 0.632. The van der Waals surface area contributed by atoms with Crippen molar-refractivity contribution in [2.24, 2.45) is 0 Å². The maximum absolute atomic E-state index is 6.38. The van der Waals surface area contributed by atoms with Crippen molar-refractivity contribution in [3.05, 3.63) is 35.4 Å². The zero-order valence-corrected chi connectivity index (χ0v) is 10.9. The molecular formula is C15H19ClO. The molecule has 1 aliphatic carbocycles. The van der Waals surface area contributed by atoms with Crippen molar-refractivity contribution in [2.45, 2.75) is 49.5 Å². The molecule has 1 nitrogen and oxygen atoms in total. The van der Waals surface area contributed by atoms with Gasteiger partial charge in [0, 0.05) is 12.0 Å². The predicted octanol–water partition coefficient (Wildman–Crippen LogP) is 4.03. The Balaban J connectivity index is 2.03. The highest BCUT2D eigenvalue weighted by Crippen LogP contribution is 2.44. The number of benzene rings is 1. The Hall–Kier alpha value is -0.530. The van der Waals surface area contributed by atoms with Gasteiger partial charge in [0.15, 0.2) is 0 Å². The molecule has 2 aliphatic rings. The van der Waals surface area contributed by atoms with Gasteiger partial charge in [-0.1, -0.05) is 24.3 Å². The molecule has 0 amide bonds. The molecule has 2 unspecified atom stereocenters. The molecule has 1 saturated heterocycles. The molecule has 0 N–H and O–H groups in total. The minimum atomic E-state index is -0.0856. The molecule has 2 heteroatoms. The summed E-state index contributed by atoms with van der Waals surface area (Å²) in [5, 5.41) is 0.273. The maximum atomic E-state index is 6.38. The van der Waals surface area contributed by atoms with Crippen LogP contribution >= 0.6 is 11.6 Å². The summed E-state index contributed by atoms with van der Waals surface area (Å²) in [7, 11) is 0. The van der Waals surface area contributed by atoms with Gasteiger partial charge in [-0.05, 0) is 49.7 Å². The van der Waals surface area contributed by atoms with E-state index in [2.05, 4.69) is 24.3 Å². The van der Waals surface area contributed by atoms with Crippen molar-refractivity contribution >= 4 is 11.6 Å². The van der Waals surface area contributed by atoms with Crippen molar-refractivity contribution in [1.82, 2.24) is 0 Å². The molecule has 1 aromatic rings. The zero-order chi connectivity index (χ0) is 11.7. The van der Waals surface area contributed by atoms with Gasteiger partial charge in [0.05, 0.1) is 5.60 Å². The van der Waals surface area contributed by atoms with E-state index in [-0.39, 0.29) is 11.0 Å². The number of ether oxygens (including phenoxy) is 1. The van der Waals surface area contributed by atoms with Crippen LogP contribution in [0.25, 0.3) is 0 Å². The standard InChI is InChI=1S/C15H19ClO/c16-13-8-10-17-15(11-13)9-4-3-6-12-5-1-2-7-14(12)15/h1-2,5,7,13H,3-4,6,8-11H2. The minimum Gasteiger partial charge on any atom is -0.370 e. The number of alkyl halides is 1. The molecule has 92 valence electrons. The first kappa shape index (κ1) is 11.6. The van der Waals surface area contributed by atoms with Crippen LogP contribution in [0.3, 0.4) is 0 Å². The van der Waals surface area contributed by atoms with Gasteiger partial charge >= 0.3 is 0 Å². The van der Waals surface area contributed by atoms with Crippen molar-refractivity contribution in [1.29, 1.82) is 0 Å². The summed E-state index contributed by atoms with van der Waals surface area (Å²) in [4.78, 5) is 0. The van der Waals surface area contributed by atoms with Gasteiger partial charge in [0.2, 0.25) is 0 Å². The predicted molar refractivity (Wildman–Crippen MR) is 70.5 cm³/mol. The first-order chi connectivity index (χ1) is 8.30. The van der Waals surface area contributed by atoms with Crippen LogP contribution in [0.1, 0.15) is 43.2 Å². The van der Waals surface area contributed by atoms with Gasteiger partial charge in [-0.15, -0.1) is 11.6 Å². The second kappa shape index (κ2) is 4.62. The van der Waals surface area contributed by atoms with E-state index in [1.54, 1.807) is 0 Å². The molecule has 0 bridgehead atoms. The molecule has 0 radical (unpaired) electrons. The fraction of sp³-hybridized carbons (Fsp3) is 0.600. The average Bonchev–Trinajstić information content (AvgIpc) is 2.51. The van der Waals surface area contributed by atoms with E-state index < -0.39 is 0 Å². The van der Waals surface area contributed by atoms with Crippen LogP contribution in [-0.2, 0) is 16.8 Å². The average molecular weight is 251 g/mol. The highest BCUT2D eigenvalue weighted by Gasteiger charge is 2.40. The molecule has 0 saturated carbocycles. The SMILES string of the molecule is ClC1CCOC2(CCCCc3ccccc32)C1. The summed E-state index contributed by atoms with van der Waals surface area (Å²) in [5.74, 6) is 0. The number of aryl methyl sites for hydroxylation is 1. The molecule has 1 heterocycles. The molecule has 17 heavy (non-hydrogen) atoms. The Bertz CT molecular complexity index is 404. The minimum absolute atomic E-state index is 0.0856. The van der Waals surface area contributed by atoms with Gasteiger partial charge < -0.3 is 4.74 Å². The summed E-state index contributed by atoms with van der Waals surface area (Å²) >= 11 is 6.38. The molecule has 2 atom stereocenters. The molecule has 3 rings (SSSR count). The molecular weight excluding hydrogens is 232 g/mol. The lowest BCUT2D eigenvalue weighted by atomic mass is 9.82. The lowest BCUT2D eigenvalue weighted by molar-refractivity contribution is -0.0879. The smallest absolute Gasteiger partial charge is 0.0948 e. The summed E-state index contributed by atoms with van der Waals surface area (Å²) in [6.45, 7) is 0.808. The highest BCUT2D eigenvalue weighted by molar-refractivity contribution is 6.20. The first-order valence-electron chi connectivity index (χ1n) is 6.67. The second-order valence-electron chi connectivity index (χ2n) is 5.30. The topological polar surface area (TPSA) is 9.23 Å². The third kappa shape index (κ3) is 2.11. The maximum Gasteiger partial charge on any atom is 0.0948 e. The van der Waals surface area contributed by atoms with Crippen molar-refractivity contribution < 1.29 is 4.74 Å². The van der Waals surface area contributed by atoms with E-state index in [0.29, 0.717) is 0 Å². The Morgan fingerprint density at radius 1 is 1.24 bits per heavy atom. The van der Waals surface area contributed by atoms with Crippen LogP contribution in [0.2, 0.25) is 0 Å². The van der Waals surface area contributed by atoms with Crippen LogP contribution in [-0.4, -0.2) is 12.0 Å². The summed E-state index contributed by atoms with van der Waals surface area (Å²) in [6, 6.07) is 8.77. The molecule has 0 aromatic heterocycles. The lowest BCUT2D eigenvalue weighted by Crippen LogP contribution is -2.38. The number of fused-ring (bicyclic) bond motifs is 2. The van der Waals surface area contributed by atoms with Crippen molar-refractivity contribution in [2.75, 3.05) is 6.61 Å². The fourth-order valence-electron chi connectivity index (χ4n) is 3.31. The number of rotatable bonds is 0. The van der Waals surface area contributed by atoms with E-state index >= 15 is 0 Å². The van der Waals surface area contributed by atoms with Crippen LogP contribution < -0.4 is 0 Å². The van der Waals surface area contributed by atoms with E-state index in [9.17, 15) is 0 Å². The number of halogens is 1. The number of hydrogen-bond acceptors (Lipinski definition) is 1. The van der Waals surface area contributed by atoms with Gasteiger partial charge in [-0.3, -0.25) is 0 Å². The van der Waals surface area contributed by atoms with E-state index in [4.69, 9.17) is 16.3 Å². The Labute approximate surface area is 108 Å². The largest absolute Gasteiger partial charge is 0.370 e. The Morgan fingerprint density at radius 3 is 3.00 bits per heavy atom. The van der Waals surface area contributed by atoms with E-state index in [0.717, 1.165) is 25.9 Å². The molecule has 1 aromatic carbocycles. The van der Waals surface area contributed by atoms with Gasteiger partial charge in [-0.25, -0.2) is 0 Å². The lowest BCUT2D eigenvalue weighted by Gasteiger charge is -2.40. The Morgan fingerprint density at radius 2 is 2.12 bits per heavy atom. The highest BCUT2D eigenvalue weighted by atomic mass is 35.5. The molecule has 1 spiro atoms. The van der Waals surface area contributed by atoms with Gasteiger partial charge in [-0.2, -0.15) is 0 Å². The first-order valence-corrected chi connectivity index (χ1v) is 7.10. The van der Waals surface area contributed by atoms with Gasteiger partial charge in [0.1, 0.15) is 0 Å².